The second-order valence-electron chi connectivity index (χ2n) is 6.08. The van der Waals surface area contributed by atoms with Gasteiger partial charge >= 0.3 is 0 Å². The summed E-state index contributed by atoms with van der Waals surface area (Å²) in [5, 5.41) is 4.80. The Bertz CT molecular complexity index is 694. The molecule has 24 heavy (non-hydrogen) atoms. The maximum absolute atomic E-state index is 11.7. The van der Waals surface area contributed by atoms with Gasteiger partial charge in [0.1, 0.15) is 5.75 Å². The van der Waals surface area contributed by atoms with Gasteiger partial charge in [-0.15, -0.1) is 4.91 Å². The fraction of sp³-hybridized carbons (Fsp3) is 0.368. The first-order valence-corrected chi connectivity index (χ1v) is 8.36. The minimum Gasteiger partial charge on any atom is -0.497 e. The zero-order valence-corrected chi connectivity index (χ0v) is 14.2. The van der Waals surface area contributed by atoms with Crippen molar-refractivity contribution in [3.05, 3.63) is 52.9 Å². The van der Waals surface area contributed by atoms with Crippen LogP contribution in [0, 0.1) is 11.8 Å². The smallest absolute Gasteiger partial charge is 0.119 e. The molecule has 1 saturated heterocycles. The molecular formula is C19H23N3O2. The molecule has 1 heterocycles. The fourth-order valence-electron chi connectivity index (χ4n) is 3.25. The van der Waals surface area contributed by atoms with Crippen molar-refractivity contribution in [3.63, 3.8) is 0 Å². The molecule has 0 atom stereocenters. The Kier molecular flexibility index (Phi) is 4.99. The number of anilines is 3. The monoisotopic (exact) mass is 325 g/mol. The third-order valence-corrected chi connectivity index (χ3v) is 4.52. The molecule has 0 saturated carbocycles. The van der Waals surface area contributed by atoms with E-state index in [1.165, 1.54) is 24.3 Å². The lowest BCUT2D eigenvalue weighted by Gasteiger charge is -2.32. The highest BCUT2D eigenvalue weighted by Gasteiger charge is 2.21. The first-order chi connectivity index (χ1) is 11.7. The van der Waals surface area contributed by atoms with Crippen molar-refractivity contribution < 1.29 is 4.74 Å². The Hall–Kier alpha value is -2.56. The van der Waals surface area contributed by atoms with Crippen molar-refractivity contribution in [2.45, 2.75) is 26.2 Å². The van der Waals surface area contributed by atoms with E-state index in [9.17, 15) is 4.91 Å². The molecule has 0 N–H and O–H groups in total. The lowest BCUT2D eigenvalue weighted by Crippen LogP contribution is -2.30. The highest BCUT2D eigenvalue weighted by atomic mass is 16.5. The van der Waals surface area contributed by atoms with Crippen LogP contribution < -0.4 is 14.6 Å². The summed E-state index contributed by atoms with van der Waals surface area (Å²) in [6, 6.07) is 13.5. The van der Waals surface area contributed by atoms with Crippen LogP contribution in [0.15, 0.2) is 47.8 Å². The fourth-order valence-corrected chi connectivity index (χ4v) is 3.25. The predicted octanol–water partition coefficient (Wildman–Crippen LogP) is 4.81. The van der Waals surface area contributed by atoms with Crippen molar-refractivity contribution >= 4 is 17.1 Å². The van der Waals surface area contributed by atoms with E-state index < -0.39 is 0 Å². The highest BCUT2D eigenvalue weighted by molar-refractivity contribution is 5.80. The lowest BCUT2D eigenvalue weighted by molar-refractivity contribution is 0.415. The lowest BCUT2D eigenvalue weighted by atomic mass is 10.1. The van der Waals surface area contributed by atoms with Gasteiger partial charge < -0.3 is 9.64 Å². The van der Waals surface area contributed by atoms with Crippen LogP contribution in [0.2, 0.25) is 0 Å². The molecule has 5 heteroatoms. The van der Waals surface area contributed by atoms with E-state index in [2.05, 4.69) is 16.3 Å². The summed E-state index contributed by atoms with van der Waals surface area (Å²) in [6.07, 6.45) is 3.64. The van der Waals surface area contributed by atoms with Gasteiger partial charge in [0, 0.05) is 13.1 Å². The van der Waals surface area contributed by atoms with Crippen LogP contribution in [0.3, 0.4) is 0 Å². The zero-order chi connectivity index (χ0) is 16.9. The van der Waals surface area contributed by atoms with Crippen molar-refractivity contribution in [1.82, 2.24) is 0 Å². The Labute approximate surface area is 142 Å². The molecule has 2 aromatic carbocycles. The average molecular weight is 325 g/mol. The van der Waals surface area contributed by atoms with Gasteiger partial charge in [-0.1, -0.05) is 12.1 Å². The predicted molar refractivity (Wildman–Crippen MR) is 98.2 cm³/mol. The number of nitrogens with zero attached hydrogens (tertiary/aromatic N) is 3. The summed E-state index contributed by atoms with van der Waals surface area (Å²) in [4.78, 5) is 14.0. The third-order valence-electron chi connectivity index (χ3n) is 4.52. The largest absolute Gasteiger partial charge is 0.497 e. The molecule has 0 unspecified atom stereocenters. The molecule has 0 amide bonds. The molecule has 2 aromatic rings. The molecular weight excluding hydrogens is 302 g/mol. The standard InChI is InChI=1S/C19H23N3O2/c1-15-7-6-8-18(21-13-4-3-5-14-21)19(15)22(20-23)16-9-11-17(24-2)12-10-16/h6-12H,3-5,13-14H2,1-2H3. The van der Waals surface area contributed by atoms with Gasteiger partial charge in [0.2, 0.25) is 0 Å². The quantitative estimate of drug-likeness (QED) is 0.584. The number of hydrogen-bond acceptors (Lipinski definition) is 4. The van der Waals surface area contributed by atoms with E-state index in [1.807, 2.05) is 43.3 Å². The first-order valence-electron chi connectivity index (χ1n) is 8.36. The Morgan fingerprint density at radius 1 is 1.04 bits per heavy atom. The van der Waals surface area contributed by atoms with Crippen molar-refractivity contribution in [1.29, 1.82) is 0 Å². The highest BCUT2D eigenvalue weighted by Crippen LogP contribution is 2.39. The van der Waals surface area contributed by atoms with Crippen LogP contribution in [0.25, 0.3) is 0 Å². The molecule has 126 valence electrons. The Morgan fingerprint density at radius 2 is 1.75 bits per heavy atom. The summed E-state index contributed by atoms with van der Waals surface area (Å²) < 4.78 is 5.20. The molecule has 0 aliphatic carbocycles. The molecule has 1 aliphatic heterocycles. The van der Waals surface area contributed by atoms with E-state index in [1.54, 1.807) is 7.11 Å². The van der Waals surface area contributed by atoms with Gasteiger partial charge in [0.05, 0.1) is 29.5 Å². The number of piperidine rings is 1. The first kappa shape index (κ1) is 16.3. The molecule has 0 aromatic heterocycles. The molecule has 1 aliphatic rings. The second-order valence-corrected chi connectivity index (χ2v) is 6.08. The minimum absolute atomic E-state index is 0.735. The molecule has 0 radical (unpaired) electrons. The maximum atomic E-state index is 11.7. The minimum atomic E-state index is 0.735. The van der Waals surface area contributed by atoms with E-state index in [-0.39, 0.29) is 0 Å². The van der Waals surface area contributed by atoms with E-state index >= 15 is 0 Å². The van der Waals surface area contributed by atoms with Gasteiger partial charge in [-0.3, -0.25) is 0 Å². The number of para-hydroxylation sites is 1. The van der Waals surface area contributed by atoms with Gasteiger partial charge in [-0.05, 0) is 62.1 Å². The number of methoxy groups -OCH3 is 1. The number of aryl methyl sites for hydroxylation is 1. The summed E-state index contributed by atoms with van der Waals surface area (Å²) in [5.41, 5.74) is 3.71. The summed E-state index contributed by atoms with van der Waals surface area (Å²) >= 11 is 0. The Balaban J connectivity index is 2.02. The molecule has 0 spiro atoms. The van der Waals surface area contributed by atoms with E-state index in [0.29, 0.717) is 0 Å². The van der Waals surface area contributed by atoms with Gasteiger partial charge in [0.25, 0.3) is 0 Å². The summed E-state index contributed by atoms with van der Waals surface area (Å²) in [5.74, 6) is 0.755. The summed E-state index contributed by atoms with van der Waals surface area (Å²) in [7, 11) is 1.63. The van der Waals surface area contributed by atoms with Gasteiger partial charge in [-0.2, -0.15) is 5.01 Å². The van der Waals surface area contributed by atoms with Gasteiger partial charge in [0.15, 0.2) is 0 Å². The molecule has 1 fully saturated rings. The zero-order valence-electron chi connectivity index (χ0n) is 14.2. The van der Waals surface area contributed by atoms with Crippen LogP contribution in [0.5, 0.6) is 5.75 Å². The van der Waals surface area contributed by atoms with E-state index in [0.717, 1.165) is 41.5 Å². The maximum Gasteiger partial charge on any atom is 0.119 e. The second kappa shape index (κ2) is 7.34. The average Bonchev–Trinajstić information content (AvgIpc) is 2.65. The van der Waals surface area contributed by atoms with Crippen LogP contribution in [0.1, 0.15) is 24.8 Å². The summed E-state index contributed by atoms with van der Waals surface area (Å²) in [6.45, 7) is 4.06. The van der Waals surface area contributed by atoms with Crippen LogP contribution in [-0.4, -0.2) is 20.2 Å². The van der Waals surface area contributed by atoms with Crippen LogP contribution in [0.4, 0.5) is 17.1 Å². The van der Waals surface area contributed by atoms with Crippen LogP contribution >= 0.6 is 0 Å². The molecule has 3 rings (SSSR count). The number of rotatable bonds is 5. The number of nitroso groups, excluding NO2 is 1. The van der Waals surface area contributed by atoms with Gasteiger partial charge in [-0.25, -0.2) is 0 Å². The Morgan fingerprint density at radius 3 is 2.38 bits per heavy atom. The van der Waals surface area contributed by atoms with Crippen molar-refractivity contribution in [3.8, 4) is 5.75 Å². The third kappa shape index (κ3) is 3.20. The van der Waals surface area contributed by atoms with E-state index in [4.69, 9.17) is 4.74 Å². The number of hydrogen-bond donors (Lipinski definition) is 0. The SMILES string of the molecule is COc1ccc(N(N=O)c2c(C)cccc2N2CCCCC2)cc1. The van der Waals surface area contributed by atoms with Crippen molar-refractivity contribution in [2.24, 2.45) is 5.29 Å². The van der Waals surface area contributed by atoms with Crippen molar-refractivity contribution in [2.75, 3.05) is 30.1 Å². The molecule has 0 bridgehead atoms. The number of benzene rings is 2. The molecule has 5 nitrogen and oxygen atoms in total. The van der Waals surface area contributed by atoms with Crippen LogP contribution in [-0.2, 0) is 0 Å². The topological polar surface area (TPSA) is 45.1 Å². The number of ether oxygens (including phenoxy) is 1. The normalized spacial score (nSPS) is 14.3.